The third-order valence-corrected chi connectivity index (χ3v) is 2.95. The zero-order valence-electron chi connectivity index (χ0n) is 9.02. The highest BCUT2D eigenvalue weighted by Crippen LogP contribution is 2.36. The molecule has 0 N–H and O–H groups in total. The summed E-state index contributed by atoms with van der Waals surface area (Å²) < 4.78 is 5.14. The first-order valence-electron chi connectivity index (χ1n) is 5.23. The van der Waals surface area contributed by atoms with Crippen molar-refractivity contribution >= 4 is 23.6 Å². The van der Waals surface area contributed by atoms with Gasteiger partial charge in [0.1, 0.15) is 6.10 Å². The highest BCUT2D eigenvalue weighted by atomic mass is 35.5. The van der Waals surface area contributed by atoms with Gasteiger partial charge in [-0.05, 0) is 17.6 Å². The monoisotopic (exact) mass is 236 g/mol. The van der Waals surface area contributed by atoms with Crippen molar-refractivity contribution in [1.29, 1.82) is 0 Å². The average molecular weight is 237 g/mol. The maximum atomic E-state index is 10.9. The summed E-state index contributed by atoms with van der Waals surface area (Å²) in [7, 11) is 0. The van der Waals surface area contributed by atoms with Gasteiger partial charge in [0.05, 0.1) is 5.38 Å². The van der Waals surface area contributed by atoms with Crippen molar-refractivity contribution in [2.45, 2.75) is 24.8 Å². The molecule has 84 valence electrons. The number of carbonyl (C=O) groups is 1. The number of ether oxygens (including phenoxy) is 1. The molecule has 2 rings (SSSR count). The van der Waals surface area contributed by atoms with Crippen LogP contribution in [0.2, 0.25) is 0 Å². The molecule has 1 aromatic rings. The highest BCUT2D eigenvalue weighted by Gasteiger charge is 2.36. The van der Waals surface area contributed by atoms with E-state index in [1.807, 2.05) is 36.4 Å². The van der Waals surface area contributed by atoms with E-state index >= 15 is 0 Å². The van der Waals surface area contributed by atoms with Crippen LogP contribution in [-0.2, 0) is 9.53 Å². The van der Waals surface area contributed by atoms with Crippen LogP contribution in [-0.4, -0.2) is 17.5 Å². The van der Waals surface area contributed by atoms with Crippen molar-refractivity contribution in [2.24, 2.45) is 0 Å². The molecule has 1 aliphatic carbocycles. The summed E-state index contributed by atoms with van der Waals surface area (Å²) in [5.41, 5.74) is 2.19. The fourth-order valence-corrected chi connectivity index (χ4v) is 2.14. The number of benzene rings is 1. The molecular formula is C13H13ClO2. The minimum atomic E-state index is -0.283. The fraction of sp³-hybridized carbons (Fsp3) is 0.308. The van der Waals surface area contributed by atoms with Crippen LogP contribution in [0.4, 0.5) is 0 Å². The molecule has 16 heavy (non-hydrogen) atoms. The first kappa shape index (κ1) is 11.2. The maximum Gasteiger partial charge on any atom is 0.303 e. The molecule has 2 atom stereocenters. The van der Waals surface area contributed by atoms with Crippen molar-refractivity contribution in [2.75, 3.05) is 0 Å². The second kappa shape index (κ2) is 4.71. The minimum Gasteiger partial charge on any atom is -0.456 e. The molecule has 0 amide bonds. The van der Waals surface area contributed by atoms with E-state index in [0.29, 0.717) is 0 Å². The Bertz CT molecular complexity index is 411. The lowest BCUT2D eigenvalue weighted by molar-refractivity contribution is -0.146. The van der Waals surface area contributed by atoms with Crippen LogP contribution >= 0.6 is 11.6 Å². The molecule has 0 bridgehead atoms. The second-order valence-electron chi connectivity index (χ2n) is 3.88. The lowest BCUT2D eigenvalue weighted by Crippen LogP contribution is -2.39. The van der Waals surface area contributed by atoms with E-state index in [1.165, 1.54) is 6.92 Å². The zero-order chi connectivity index (χ0) is 11.5. The molecule has 1 saturated carbocycles. The molecule has 0 aromatic heterocycles. The molecule has 0 saturated heterocycles. The van der Waals surface area contributed by atoms with Crippen molar-refractivity contribution in [3.8, 4) is 0 Å². The molecule has 0 aliphatic heterocycles. The van der Waals surface area contributed by atoms with E-state index < -0.39 is 0 Å². The smallest absolute Gasteiger partial charge is 0.303 e. The van der Waals surface area contributed by atoms with Crippen LogP contribution in [0.1, 0.15) is 18.9 Å². The molecule has 0 unspecified atom stereocenters. The SMILES string of the molecule is CC(=O)O[C@H]1/C(=C/c2ccccc2)C[C@@H]1Cl. The second-order valence-corrected chi connectivity index (χ2v) is 4.44. The van der Waals surface area contributed by atoms with E-state index in [2.05, 4.69) is 0 Å². The molecule has 0 heterocycles. The fourth-order valence-electron chi connectivity index (χ4n) is 1.75. The summed E-state index contributed by atoms with van der Waals surface area (Å²) in [6.07, 6.45) is 2.57. The quantitative estimate of drug-likeness (QED) is 0.583. The van der Waals surface area contributed by atoms with Crippen molar-refractivity contribution in [3.05, 3.63) is 41.5 Å². The van der Waals surface area contributed by atoms with E-state index in [4.69, 9.17) is 16.3 Å². The molecule has 2 nitrogen and oxygen atoms in total. The Labute approximate surface area is 99.9 Å². The summed E-state index contributed by atoms with van der Waals surface area (Å²) in [5.74, 6) is -0.283. The van der Waals surface area contributed by atoms with Crippen LogP contribution in [0.15, 0.2) is 35.9 Å². The molecule has 1 fully saturated rings. The molecule has 1 aliphatic rings. The van der Waals surface area contributed by atoms with Gasteiger partial charge in [-0.15, -0.1) is 11.6 Å². The van der Waals surface area contributed by atoms with E-state index in [-0.39, 0.29) is 17.5 Å². The summed E-state index contributed by atoms with van der Waals surface area (Å²) in [6.45, 7) is 1.40. The van der Waals surface area contributed by atoms with Crippen LogP contribution in [0.25, 0.3) is 6.08 Å². The number of hydrogen-bond acceptors (Lipinski definition) is 2. The Hall–Kier alpha value is -1.28. The van der Waals surface area contributed by atoms with E-state index in [0.717, 1.165) is 17.6 Å². The molecular weight excluding hydrogens is 224 g/mol. The van der Waals surface area contributed by atoms with Crippen LogP contribution in [0, 0.1) is 0 Å². The molecule has 0 spiro atoms. The molecule has 0 radical (unpaired) electrons. The van der Waals surface area contributed by atoms with Gasteiger partial charge in [0, 0.05) is 6.92 Å². The number of carbonyl (C=O) groups excluding carboxylic acids is 1. The van der Waals surface area contributed by atoms with Crippen LogP contribution in [0.3, 0.4) is 0 Å². The van der Waals surface area contributed by atoms with Crippen LogP contribution in [0.5, 0.6) is 0 Å². The predicted octanol–water partition coefficient (Wildman–Crippen LogP) is 3.01. The van der Waals surface area contributed by atoms with E-state index in [1.54, 1.807) is 0 Å². The Morgan fingerprint density at radius 1 is 1.44 bits per heavy atom. The third-order valence-electron chi connectivity index (χ3n) is 2.57. The summed E-state index contributed by atoms with van der Waals surface area (Å²) in [5, 5.41) is -0.0844. The molecule has 1 aromatic carbocycles. The summed E-state index contributed by atoms with van der Waals surface area (Å²) >= 11 is 6.00. The Balaban J connectivity index is 2.11. The first-order valence-corrected chi connectivity index (χ1v) is 5.67. The van der Waals surface area contributed by atoms with Gasteiger partial charge in [0.2, 0.25) is 0 Å². The van der Waals surface area contributed by atoms with Gasteiger partial charge < -0.3 is 4.74 Å². The zero-order valence-corrected chi connectivity index (χ0v) is 9.78. The summed E-state index contributed by atoms with van der Waals surface area (Å²) in [4.78, 5) is 10.9. The maximum absolute atomic E-state index is 10.9. The lowest BCUT2D eigenvalue weighted by Gasteiger charge is -2.34. The topological polar surface area (TPSA) is 26.3 Å². The van der Waals surface area contributed by atoms with Gasteiger partial charge in [-0.25, -0.2) is 0 Å². The van der Waals surface area contributed by atoms with Crippen molar-refractivity contribution < 1.29 is 9.53 Å². The van der Waals surface area contributed by atoms with Gasteiger partial charge in [-0.3, -0.25) is 4.79 Å². The number of hydrogen-bond donors (Lipinski definition) is 0. The summed E-state index contributed by atoms with van der Waals surface area (Å²) in [6, 6.07) is 9.95. The normalized spacial score (nSPS) is 26.2. The number of esters is 1. The van der Waals surface area contributed by atoms with E-state index in [9.17, 15) is 4.79 Å². The number of halogens is 1. The minimum absolute atomic E-state index is 0.0844. The van der Waals surface area contributed by atoms with Crippen LogP contribution < -0.4 is 0 Å². The Morgan fingerprint density at radius 2 is 2.12 bits per heavy atom. The average Bonchev–Trinajstić information content (AvgIpc) is 2.27. The Kier molecular flexibility index (Phi) is 3.30. The number of alkyl halides is 1. The third kappa shape index (κ3) is 2.45. The van der Waals surface area contributed by atoms with Crippen molar-refractivity contribution in [1.82, 2.24) is 0 Å². The number of rotatable bonds is 2. The largest absolute Gasteiger partial charge is 0.456 e. The standard InChI is InChI=1S/C13H13ClO2/c1-9(15)16-13-11(8-12(13)14)7-10-5-3-2-4-6-10/h2-7,12-13H,8H2,1H3/b11-7+/t12-,13-/m0/s1. The highest BCUT2D eigenvalue weighted by molar-refractivity contribution is 6.22. The predicted molar refractivity (Wildman–Crippen MR) is 64.2 cm³/mol. The first-order chi connectivity index (χ1) is 7.66. The molecule has 3 heteroatoms. The van der Waals surface area contributed by atoms with Crippen molar-refractivity contribution in [3.63, 3.8) is 0 Å². The van der Waals surface area contributed by atoms with Gasteiger partial charge in [0.15, 0.2) is 0 Å². The Morgan fingerprint density at radius 3 is 2.69 bits per heavy atom. The van der Waals surface area contributed by atoms with Gasteiger partial charge in [-0.1, -0.05) is 36.4 Å². The lowest BCUT2D eigenvalue weighted by atomic mass is 9.86. The van der Waals surface area contributed by atoms with Gasteiger partial charge in [0.25, 0.3) is 0 Å². The van der Waals surface area contributed by atoms with Gasteiger partial charge >= 0.3 is 5.97 Å². The van der Waals surface area contributed by atoms with Gasteiger partial charge in [-0.2, -0.15) is 0 Å².